The Morgan fingerprint density at radius 2 is 1.55 bits per heavy atom. The number of hydrogen-bond donors (Lipinski definition) is 2. The molecule has 1 rings (SSSR count). The van der Waals surface area contributed by atoms with E-state index in [2.05, 4.69) is 17.1 Å². The molecule has 0 radical (unpaired) electrons. The Labute approximate surface area is 114 Å². The molecule has 0 aliphatic heterocycles. The summed E-state index contributed by atoms with van der Waals surface area (Å²) in [5.74, 6) is -0.849. The highest BCUT2D eigenvalue weighted by Crippen LogP contribution is 2.39. The van der Waals surface area contributed by atoms with Crippen molar-refractivity contribution in [2.45, 2.75) is 0 Å². The van der Waals surface area contributed by atoms with E-state index in [4.69, 9.17) is 5.73 Å². The lowest BCUT2D eigenvalue weighted by molar-refractivity contribution is -0.404. The molecule has 0 heterocycles. The maximum atomic E-state index is 10.8. The SMILES string of the molecule is NC(=S)NOc1c([N+](=O)[O-])cc([N+](=O)[O-])cc1[N+](=O)[O-]. The Kier molecular flexibility index (Phi) is 4.27. The van der Waals surface area contributed by atoms with E-state index < -0.39 is 42.7 Å². The summed E-state index contributed by atoms with van der Waals surface area (Å²) in [5.41, 5.74) is 4.07. The van der Waals surface area contributed by atoms with Gasteiger partial charge in [-0.05, 0) is 12.2 Å². The number of hydrogen-bond acceptors (Lipinski definition) is 8. The van der Waals surface area contributed by atoms with Crippen LogP contribution in [0.2, 0.25) is 0 Å². The van der Waals surface area contributed by atoms with Gasteiger partial charge in [-0.1, -0.05) is 0 Å². The van der Waals surface area contributed by atoms with Crippen molar-refractivity contribution in [3.8, 4) is 5.75 Å². The van der Waals surface area contributed by atoms with Crippen LogP contribution in [0.3, 0.4) is 0 Å². The molecule has 13 heteroatoms. The van der Waals surface area contributed by atoms with Crippen LogP contribution < -0.4 is 16.1 Å². The van der Waals surface area contributed by atoms with E-state index in [0.29, 0.717) is 12.1 Å². The Morgan fingerprint density at radius 3 is 1.85 bits per heavy atom. The van der Waals surface area contributed by atoms with E-state index in [1.54, 1.807) is 0 Å². The zero-order valence-electron chi connectivity index (χ0n) is 9.34. The monoisotopic (exact) mass is 303 g/mol. The van der Waals surface area contributed by atoms with Crippen LogP contribution in [0, 0.1) is 30.3 Å². The average molecular weight is 303 g/mol. The van der Waals surface area contributed by atoms with Gasteiger partial charge in [0.2, 0.25) is 0 Å². The number of nitrogens with two attached hydrogens (primary N) is 1. The lowest BCUT2D eigenvalue weighted by Crippen LogP contribution is -2.32. The first-order valence-electron chi connectivity index (χ1n) is 4.57. The summed E-state index contributed by atoms with van der Waals surface area (Å²) in [6.45, 7) is 0. The summed E-state index contributed by atoms with van der Waals surface area (Å²) in [6, 6.07) is 1.03. The van der Waals surface area contributed by atoms with Crippen LogP contribution >= 0.6 is 12.2 Å². The second-order valence-electron chi connectivity index (χ2n) is 3.15. The van der Waals surface area contributed by atoms with Gasteiger partial charge >= 0.3 is 17.1 Å². The van der Waals surface area contributed by atoms with E-state index in [0.717, 1.165) is 0 Å². The van der Waals surface area contributed by atoms with Crippen molar-refractivity contribution >= 4 is 34.4 Å². The highest BCUT2D eigenvalue weighted by Gasteiger charge is 2.32. The van der Waals surface area contributed by atoms with Crippen LogP contribution in [-0.2, 0) is 0 Å². The van der Waals surface area contributed by atoms with Gasteiger partial charge in [0, 0.05) is 0 Å². The lowest BCUT2D eigenvalue weighted by Gasteiger charge is -2.06. The van der Waals surface area contributed by atoms with Crippen LogP contribution in [0.4, 0.5) is 17.1 Å². The minimum absolute atomic E-state index is 0.438. The Balaban J connectivity index is 3.50. The van der Waals surface area contributed by atoms with Gasteiger partial charge in [-0.3, -0.25) is 30.3 Å². The van der Waals surface area contributed by atoms with Crippen molar-refractivity contribution in [3.05, 3.63) is 42.5 Å². The smallest absolute Gasteiger partial charge is 0.328 e. The van der Waals surface area contributed by atoms with Gasteiger partial charge in [0.25, 0.3) is 5.69 Å². The van der Waals surface area contributed by atoms with Crippen molar-refractivity contribution in [1.82, 2.24) is 5.48 Å². The third-order valence-corrected chi connectivity index (χ3v) is 1.98. The van der Waals surface area contributed by atoms with Crippen LogP contribution in [0.5, 0.6) is 5.75 Å². The molecule has 0 saturated carbocycles. The first-order chi connectivity index (χ1) is 9.23. The fraction of sp³-hybridized carbons (Fsp3) is 0. The fourth-order valence-electron chi connectivity index (χ4n) is 1.17. The normalized spacial score (nSPS) is 9.60. The summed E-state index contributed by atoms with van der Waals surface area (Å²) < 4.78 is 0. The Morgan fingerprint density at radius 1 is 1.10 bits per heavy atom. The van der Waals surface area contributed by atoms with Crippen LogP contribution in [0.25, 0.3) is 0 Å². The third kappa shape index (κ3) is 3.22. The summed E-state index contributed by atoms with van der Waals surface area (Å²) >= 11 is 4.37. The number of nitrogens with one attached hydrogen (secondary N) is 1. The maximum Gasteiger partial charge on any atom is 0.328 e. The molecule has 0 unspecified atom stereocenters. The van der Waals surface area contributed by atoms with Crippen LogP contribution in [-0.4, -0.2) is 19.9 Å². The van der Waals surface area contributed by atoms with Gasteiger partial charge in [-0.2, -0.15) is 5.48 Å². The molecule has 0 amide bonds. The molecule has 0 aromatic heterocycles. The molecule has 12 nitrogen and oxygen atoms in total. The predicted molar refractivity (Wildman–Crippen MR) is 67.0 cm³/mol. The topological polar surface area (TPSA) is 177 Å². The number of nitrogens with zero attached hydrogens (tertiary/aromatic N) is 3. The van der Waals surface area contributed by atoms with Gasteiger partial charge in [0.15, 0.2) is 5.11 Å². The van der Waals surface area contributed by atoms with E-state index in [9.17, 15) is 30.3 Å². The summed E-state index contributed by atoms with van der Waals surface area (Å²) in [6.07, 6.45) is 0. The first kappa shape index (κ1) is 15.0. The molecule has 0 aliphatic rings. The van der Waals surface area contributed by atoms with E-state index in [-0.39, 0.29) is 0 Å². The molecule has 0 fully saturated rings. The highest BCUT2D eigenvalue weighted by atomic mass is 32.1. The molecule has 0 atom stereocenters. The molecular formula is C7H5N5O7S. The van der Waals surface area contributed by atoms with Gasteiger partial charge in [0.05, 0.1) is 26.9 Å². The lowest BCUT2D eigenvalue weighted by atomic mass is 10.2. The van der Waals surface area contributed by atoms with Crippen molar-refractivity contribution in [1.29, 1.82) is 0 Å². The molecular weight excluding hydrogens is 298 g/mol. The molecule has 0 spiro atoms. The van der Waals surface area contributed by atoms with E-state index >= 15 is 0 Å². The molecule has 1 aromatic carbocycles. The molecule has 20 heavy (non-hydrogen) atoms. The second-order valence-corrected chi connectivity index (χ2v) is 3.59. The number of benzene rings is 1. The average Bonchev–Trinajstić information content (AvgIpc) is 2.34. The van der Waals surface area contributed by atoms with Crippen LogP contribution in [0.1, 0.15) is 0 Å². The molecule has 0 aliphatic carbocycles. The van der Waals surface area contributed by atoms with Gasteiger partial charge in [-0.15, -0.1) is 0 Å². The van der Waals surface area contributed by atoms with E-state index in [1.165, 1.54) is 0 Å². The zero-order valence-corrected chi connectivity index (χ0v) is 10.2. The number of nitro groups is 3. The highest BCUT2D eigenvalue weighted by molar-refractivity contribution is 7.80. The van der Waals surface area contributed by atoms with Crippen molar-refractivity contribution in [2.24, 2.45) is 5.73 Å². The minimum atomic E-state index is -1.07. The second kappa shape index (κ2) is 5.70. The standard InChI is InChI=1S/C7H5N5O7S/c8-7(20)9-19-6-4(11(15)16)1-3(10(13)14)2-5(6)12(17)18/h1-2H,(H3,8,9,20). The number of hydroxylamine groups is 1. The Bertz CT molecular complexity index is 583. The summed E-state index contributed by atoms with van der Waals surface area (Å²) in [7, 11) is 0. The quantitative estimate of drug-likeness (QED) is 0.443. The van der Waals surface area contributed by atoms with Crippen molar-refractivity contribution in [3.63, 3.8) is 0 Å². The van der Waals surface area contributed by atoms with Crippen molar-refractivity contribution < 1.29 is 19.6 Å². The molecule has 3 N–H and O–H groups in total. The van der Waals surface area contributed by atoms with Gasteiger partial charge in [0.1, 0.15) is 0 Å². The first-order valence-corrected chi connectivity index (χ1v) is 4.98. The fourth-order valence-corrected chi connectivity index (χ4v) is 1.21. The van der Waals surface area contributed by atoms with Gasteiger partial charge in [-0.25, -0.2) is 0 Å². The predicted octanol–water partition coefficient (Wildman–Crippen LogP) is 0.538. The van der Waals surface area contributed by atoms with Crippen LogP contribution in [0.15, 0.2) is 12.1 Å². The molecule has 106 valence electrons. The van der Waals surface area contributed by atoms with Crippen molar-refractivity contribution in [2.75, 3.05) is 0 Å². The summed E-state index contributed by atoms with van der Waals surface area (Å²) in [4.78, 5) is 33.6. The molecule has 0 bridgehead atoms. The zero-order chi connectivity index (χ0) is 15.4. The molecule has 0 saturated heterocycles. The number of rotatable bonds is 5. The number of nitro benzene ring substituents is 3. The Hall–Kier alpha value is -3.09. The summed E-state index contributed by atoms with van der Waals surface area (Å²) in [5, 5.41) is 31.8. The van der Waals surface area contributed by atoms with Gasteiger partial charge < -0.3 is 10.6 Å². The largest absolute Gasteiger partial charge is 0.374 e. The third-order valence-electron chi connectivity index (χ3n) is 1.89. The number of thiocarbonyl (C=S) groups is 1. The van der Waals surface area contributed by atoms with E-state index in [1.807, 2.05) is 5.48 Å². The number of non-ortho nitro benzene ring substituents is 1. The minimum Gasteiger partial charge on any atom is -0.374 e. The molecule has 1 aromatic rings. The maximum absolute atomic E-state index is 10.8.